The van der Waals surface area contributed by atoms with E-state index in [1.54, 1.807) is 12.1 Å². The van der Waals surface area contributed by atoms with Gasteiger partial charge in [-0.15, -0.1) is 0 Å². The molecule has 0 aliphatic rings. The molecule has 1 rings (SSSR count). The number of carbonyl (C=O) groups is 1. The topological polar surface area (TPSA) is 64.4 Å². The minimum atomic E-state index is -4.36. The maximum atomic E-state index is 12.0. The number of nitrogens with one attached hydrogen (secondary N) is 1. The predicted molar refractivity (Wildman–Crippen MR) is 77.3 cm³/mol. The lowest BCUT2D eigenvalue weighted by molar-refractivity contribution is -0.153. The fourth-order valence-corrected chi connectivity index (χ4v) is 1.80. The van der Waals surface area contributed by atoms with Gasteiger partial charge in [-0.05, 0) is 30.0 Å². The van der Waals surface area contributed by atoms with E-state index in [9.17, 15) is 18.0 Å². The van der Waals surface area contributed by atoms with E-state index in [0.717, 1.165) is 5.56 Å². The lowest BCUT2D eigenvalue weighted by Crippen LogP contribution is -2.40. The summed E-state index contributed by atoms with van der Waals surface area (Å²) < 4.78 is 40.6. The van der Waals surface area contributed by atoms with Crippen molar-refractivity contribution in [2.24, 2.45) is 11.7 Å². The molecular weight excluding hydrogens is 297 g/mol. The SMILES string of the molecule is CC(C)C[C@H](N)C(=O)NCc1ccc(OCC(F)(F)F)cc1. The Hall–Kier alpha value is -1.76. The molecule has 1 amide bonds. The van der Waals surface area contributed by atoms with E-state index in [1.165, 1.54) is 12.1 Å². The third-order valence-electron chi connectivity index (χ3n) is 2.85. The zero-order valence-corrected chi connectivity index (χ0v) is 12.6. The lowest BCUT2D eigenvalue weighted by Gasteiger charge is -2.14. The Morgan fingerprint density at radius 2 is 1.86 bits per heavy atom. The molecule has 0 aromatic heterocycles. The predicted octanol–water partition coefficient (Wildman–Crippen LogP) is 2.62. The van der Waals surface area contributed by atoms with Crippen molar-refractivity contribution in [1.82, 2.24) is 5.32 Å². The number of carbonyl (C=O) groups excluding carboxylic acids is 1. The van der Waals surface area contributed by atoms with Crippen LogP contribution in [0, 0.1) is 5.92 Å². The molecule has 1 atom stereocenters. The van der Waals surface area contributed by atoms with Gasteiger partial charge < -0.3 is 15.8 Å². The molecule has 0 fully saturated rings. The molecule has 0 unspecified atom stereocenters. The zero-order chi connectivity index (χ0) is 16.8. The van der Waals surface area contributed by atoms with Crippen molar-refractivity contribution in [3.8, 4) is 5.75 Å². The van der Waals surface area contributed by atoms with Gasteiger partial charge in [-0.3, -0.25) is 4.79 Å². The molecule has 124 valence electrons. The van der Waals surface area contributed by atoms with E-state index in [-0.39, 0.29) is 18.2 Å². The Kier molecular flexibility index (Phi) is 6.67. The molecule has 0 radical (unpaired) electrons. The second kappa shape index (κ2) is 8.03. The van der Waals surface area contributed by atoms with Crippen molar-refractivity contribution in [2.75, 3.05) is 6.61 Å². The fourth-order valence-electron chi connectivity index (χ4n) is 1.80. The molecule has 4 nitrogen and oxygen atoms in total. The minimum absolute atomic E-state index is 0.129. The first kappa shape index (κ1) is 18.3. The van der Waals surface area contributed by atoms with Crippen molar-refractivity contribution in [3.63, 3.8) is 0 Å². The summed E-state index contributed by atoms with van der Waals surface area (Å²) in [5.74, 6) is 0.209. The second-order valence-electron chi connectivity index (χ2n) is 5.50. The van der Waals surface area contributed by atoms with Gasteiger partial charge in [-0.1, -0.05) is 26.0 Å². The first-order chi connectivity index (χ1) is 10.2. The summed E-state index contributed by atoms with van der Waals surface area (Å²) in [6.07, 6.45) is -3.77. The van der Waals surface area contributed by atoms with Gasteiger partial charge in [0.15, 0.2) is 6.61 Å². The van der Waals surface area contributed by atoms with Crippen LogP contribution >= 0.6 is 0 Å². The van der Waals surface area contributed by atoms with Gasteiger partial charge in [0.05, 0.1) is 6.04 Å². The van der Waals surface area contributed by atoms with E-state index in [4.69, 9.17) is 5.73 Å². The summed E-state index contributed by atoms with van der Waals surface area (Å²) in [6, 6.07) is 5.50. The minimum Gasteiger partial charge on any atom is -0.484 e. The van der Waals surface area contributed by atoms with Crippen molar-refractivity contribution in [1.29, 1.82) is 0 Å². The summed E-state index contributed by atoms with van der Waals surface area (Å²) in [6.45, 7) is 2.90. The normalized spacial score (nSPS) is 13.0. The number of alkyl halides is 3. The number of hydrogen-bond acceptors (Lipinski definition) is 3. The summed E-state index contributed by atoms with van der Waals surface area (Å²) in [5, 5.41) is 2.70. The molecule has 7 heteroatoms. The van der Waals surface area contributed by atoms with Crippen LogP contribution in [-0.4, -0.2) is 24.7 Å². The fraction of sp³-hybridized carbons (Fsp3) is 0.533. The van der Waals surface area contributed by atoms with Gasteiger partial charge >= 0.3 is 6.18 Å². The third-order valence-corrected chi connectivity index (χ3v) is 2.85. The lowest BCUT2D eigenvalue weighted by atomic mass is 10.0. The van der Waals surface area contributed by atoms with Crippen LogP contribution in [0.5, 0.6) is 5.75 Å². The first-order valence-corrected chi connectivity index (χ1v) is 6.99. The van der Waals surface area contributed by atoms with Gasteiger partial charge in [0.2, 0.25) is 5.91 Å². The molecule has 0 bridgehead atoms. The van der Waals surface area contributed by atoms with Crippen LogP contribution in [0.2, 0.25) is 0 Å². The Labute approximate surface area is 127 Å². The summed E-state index contributed by atoms with van der Waals surface area (Å²) in [5.41, 5.74) is 6.50. The van der Waals surface area contributed by atoms with Gasteiger partial charge in [-0.2, -0.15) is 13.2 Å². The number of amides is 1. The van der Waals surface area contributed by atoms with Crippen LogP contribution < -0.4 is 15.8 Å². The van der Waals surface area contributed by atoms with Gasteiger partial charge in [0, 0.05) is 6.54 Å². The molecule has 0 saturated carbocycles. The summed E-state index contributed by atoms with van der Waals surface area (Å²) in [7, 11) is 0. The third kappa shape index (κ3) is 7.31. The van der Waals surface area contributed by atoms with Gasteiger partial charge in [0.25, 0.3) is 0 Å². The Morgan fingerprint density at radius 3 is 2.36 bits per heavy atom. The second-order valence-corrected chi connectivity index (χ2v) is 5.50. The van der Waals surface area contributed by atoms with E-state index in [0.29, 0.717) is 12.3 Å². The molecule has 0 spiro atoms. The smallest absolute Gasteiger partial charge is 0.422 e. The van der Waals surface area contributed by atoms with Crippen LogP contribution in [0.4, 0.5) is 13.2 Å². The molecule has 22 heavy (non-hydrogen) atoms. The van der Waals surface area contributed by atoms with E-state index in [2.05, 4.69) is 10.1 Å². The standard InChI is InChI=1S/C15H21F3N2O2/c1-10(2)7-13(19)14(21)20-8-11-3-5-12(6-4-11)22-9-15(16,17)18/h3-6,10,13H,7-9,19H2,1-2H3,(H,20,21)/t13-/m0/s1. The van der Waals surface area contributed by atoms with Crippen molar-refractivity contribution < 1.29 is 22.7 Å². The number of ether oxygens (including phenoxy) is 1. The van der Waals surface area contributed by atoms with Crippen LogP contribution in [-0.2, 0) is 11.3 Å². The first-order valence-electron chi connectivity index (χ1n) is 6.99. The zero-order valence-electron chi connectivity index (χ0n) is 12.6. The molecular formula is C15H21F3N2O2. The van der Waals surface area contributed by atoms with Gasteiger partial charge in [-0.25, -0.2) is 0 Å². The molecule has 3 N–H and O–H groups in total. The molecule has 1 aromatic rings. The maximum Gasteiger partial charge on any atom is 0.422 e. The monoisotopic (exact) mass is 318 g/mol. The highest BCUT2D eigenvalue weighted by molar-refractivity contribution is 5.81. The summed E-state index contributed by atoms with van der Waals surface area (Å²) in [4.78, 5) is 11.7. The number of halogens is 3. The highest BCUT2D eigenvalue weighted by atomic mass is 19.4. The average molecular weight is 318 g/mol. The molecule has 0 saturated heterocycles. The van der Waals surface area contributed by atoms with Gasteiger partial charge in [0.1, 0.15) is 5.75 Å². The van der Waals surface area contributed by atoms with Crippen LogP contribution in [0.15, 0.2) is 24.3 Å². The highest BCUT2D eigenvalue weighted by Gasteiger charge is 2.28. The van der Waals surface area contributed by atoms with Crippen molar-refractivity contribution in [2.45, 2.75) is 39.0 Å². The molecule has 0 aliphatic heterocycles. The Balaban J connectivity index is 2.43. The number of hydrogen-bond donors (Lipinski definition) is 2. The Morgan fingerprint density at radius 1 is 1.27 bits per heavy atom. The molecule has 0 aliphatic carbocycles. The Bertz CT molecular complexity index is 473. The number of benzene rings is 1. The van der Waals surface area contributed by atoms with Crippen LogP contribution in [0.1, 0.15) is 25.8 Å². The van der Waals surface area contributed by atoms with E-state index in [1.807, 2.05) is 13.8 Å². The number of nitrogens with two attached hydrogens (primary N) is 1. The molecule has 0 heterocycles. The summed E-state index contributed by atoms with van der Waals surface area (Å²) >= 11 is 0. The largest absolute Gasteiger partial charge is 0.484 e. The van der Waals surface area contributed by atoms with Crippen LogP contribution in [0.25, 0.3) is 0 Å². The highest BCUT2D eigenvalue weighted by Crippen LogP contribution is 2.18. The van der Waals surface area contributed by atoms with E-state index >= 15 is 0 Å². The van der Waals surface area contributed by atoms with Crippen molar-refractivity contribution in [3.05, 3.63) is 29.8 Å². The average Bonchev–Trinajstić information content (AvgIpc) is 2.42. The van der Waals surface area contributed by atoms with Crippen molar-refractivity contribution >= 4 is 5.91 Å². The number of rotatable bonds is 7. The molecule has 1 aromatic carbocycles. The maximum absolute atomic E-state index is 12.0. The van der Waals surface area contributed by atoms with Crippen LogP contribution in [0.3, 0.4) is 0 Å². The quantitative estimate of drug-likeness (QED) is 0.812. The van der Waals surface area contributed by atoms with E-state index < -0.39 is 18.8 Å².